The number of amides is 1. The summed E-state index contributed by atoms with van der Waals surface area (Å²) in [4.78, 5) is 28.2. The van der Waals surface area contributed by atoms with Gasteiger partial charge in [0.15, 0.2) is 5.78 Å². The van der Waals surface area contributed by atoms with Crippen molar-refractivity contribution in [2.75, 3.05) is 12.0 Å². The molecular weight excluding hydrogens is 597 g/mol. The smallest absolute Gasteiger partial charge is 0.415 e. The topological polar surface area (TPSA) is 74.3 Å². The first-order valence-electron chi connectivity index (χ1n) is 15.4. The largest absolute Gasteiger partial charge is 0.497 e. The fraction of sp³-hybridized carbons (Fsp3) is 0.179. The van der Waals surface area contributed by atoms with Gasteiger partial charge in [-0.1, -0.05) is 60.7 Å². The Bertz CT molecular complexity index is 1800. The quantitative estimate of drug-likeness (QED) is 0.121. The number of ketones is 1. The van der Waals surface area contributed by atoms with Gasteiger partial charge in [-0.05, 0) is 78.2 Å². The molecule has 0 spiro atoms. The molecule has 1 fully saturated rings. The number of hydrogen-bond acceptors (Lipinski definition) is 6. The second kappa shape index (κ2) is 14.6. The standard InChI is InChI=1S/C39H34FNO6/c1-44-32-18-16-31(17-19-32)41-38(36(47-39(41)43)23-22-35(42)29-12-14-30(40)15-13-29)34-21-20-33(45-25-27-8-4-2-5-9-27)24-37(34)46-26-28-10-6-3-7-11-28/h2-21,24,36,38H,22-23,25-26H2,1H3/t36-,38-/m1/s1. The van der Waals surface area contributed by atoms with E-state index in [-0.39, 0.29) is 25.2 Å². The van der Waals surface area contributed by atoms with Crippen LogP contribution in [0.4, 0.5) is 14.9 Å². The fourth-order valence-corrected chi connectivity index (χ4v) is 5.60. The minimum Gasteiger partial charge on any atom is -0.497 e. The van der Waals surface area contributed by atoms with Gasteiger partial charge in [0.2, 0.25) is 0 Å². The van der Waals surface area contributed by atoms with Crippen LogP contribution in [0.25, 0.3) is 0 Å². The Labute approximate surface area is 273 Å². The Morgan fingerprint density at radius 2 is 1.38 bits per heavy atom. The third-order valence-electron chi connectivity index (χ3n) is 8.04. The number of halogens is 1. The molecule has 0 unspecified atom stereocenters. The van der Waals surface area contributed by atoms with Crippen LogP contribution < -0.4 is 19.1 Å². The van der Waals surface area contributed by atoms with Gasteiger partial charge in [-0.3, -0.25) is 9.69 Å². The predicted octanol–water partition coefficient (Wildman–Crippen LogP) is 8.72. The molecular formula is C39H34FNO6. The van der Waals surface area contributed by atoms with Crippen molar-refractivity contribution in [3.05, 3.63) is 155 Å². The van der Waals surface area contributed by atoms with Gasteiger partial charge in [0.25, 0.3) is 0 Å². The molecule has 1 saturated heterocycles. The maximum absolute atomic E-state index is 13.6. The van der Waals surface area contributed by atoms with Crippen LogP contribution in [0.2, 0.25) is 0 Å². The predicted molar refractivity (Wildman–Crippen MR) is 176 cm³/mol. The minimum absolute atomic E-state index is 0.0923. The second-order valence-corrected chi connectivity index (χ2v) is 11.2. The summed E-state index contributed by atoms with van der Waals surface area (Å²) in [6.45, 7) is 0.656. The van der Waals surface area contributed by atoms with Crippen molar-refractivity contribution >= 4 is 17.6 Å². The summed E-state index contributed by atoms with van der Waals surface area (Å²) in [6.07, 6.45) is -0.902. The van der Waals surface area contributed by atoms with Crippen molar-refractivity contribution in [1.29, 1.82) is 0 Å². The zero-order valence-corrected chi connectivity index (χ0v) is 25.9. The Morgan fingerprint density at radius 1 is 0.766 bits per heavy atom. The molecule has 1 heterocycles. The first-order chi connectivity index (χ1) is 23.0. The zero-order valence-electron chi connectivity index (χ0n) is 25.9. The van der Waals surface area contributed by atoms with E-state index in [0.717, 1.165) is 11.1 Å². The lowest BCUT2D eigenvalue weighted by Gasteiger charge is -2.27. The average molecular weight is 632 g/mol. The number of benzene rings is 5. The monoisotopic (exact) mass is 631 g/mol. The van der Waals surface area contributed by atoms with Crippen molar-refractivity contribution in [1.82, 2.24) is 0 Å². The van der Waals surface area contributed by atoms with Crippen LogP contribution in [0.3, 0.4) is 0 Å². The van der Waals surface area contributed by atoms with Crippen molar-refractivity contribution in [3.8, 4) is 17.2 Å². The highest BCUT2D eigenvalue weighted by Gasteiger charge is 2.45. The van der Waals surface area contributed by atoms with Crippen molar-refractivity contribution in [2.45, 2.75) is 38.2 Å². The van der Waals surface area contributed by atoms with Gasteiger partial charge in [0.05, 0.1) is 7.11 Å². The number of rotatable bonds is 13. The summed E-state index contributed by atoms with van der Waals surface area (Å²) < 4.78 is 37.4. The number of ether oxygens (including phenoxy) is 4. The Hall–Kier alpha value is -5.63. The van der Waals surface area contributed by atoms with Crippen LogP contribution in [0.15, 0.2) is 127 Å². The number of hydrogen-bond donors (Lipinski definition) is 0. The molecule has 1 aliphatic heterocycles. The third kappa shape index (κ3) is 7.61. The third-order valence-corrected chi connectivity index (χ3v) is 8.04. The van der Waals surface area contributed by atoms with Gasteiger partial charge in [-0.15, -0.1) is 0 Å². The molecule has 8 heteroatoms. The molecule has 238 valence electrons. The molecule has 1 amide bonds. The maximum Gasteiger partial charge on any atom is 0.415 e. The summed E-state index contributed by atoms with van der Waals surface area (Å²) in [5, 5.41) is 0. The fourth-order valence-electron chi connectivity index (χ4n) is 5.60. The van der Waals surface area contributed by atoms with Crippen LogP contribution in [-0.4, -0.2) is 25.1 Å². The van der Waals surface area contributed by atoms with Gasteiger partial charge in [0, 0.05) is 29.3 Å². The second-order valence-electron chi connectivity index (χ2n) is 11.2. The molecule has 0 N–H and O–H groups in total. The van der Waals surface area contributed by atoms with E-state index in [1.54, 1.807) is 36.3 Å². The molecule has 0 bridgehead atoms. The minimum atomic E-state index is -0.691. The first-order valence-corrected chi connectivity index (χ1v) is 15.4. The van der Waals surface area contributed by atoms with E-state index in [2.05, 4.69) is 0 Å². The number of Topliss-reactive ketones (excluding diaryl/α,β-unsaturated/α-hetero) is 1. The van der Waals surface area contributed by atoms with Gasteiger partial charge in [-0.25, -0.2) is 9.18 Å². The maximum atomic E-state index is 13.6. The van der Waals surface area contributed by atoms with Gasteiger partial charge in [0.1, 0.15) is 48.4 Å². The molecule has 0 aromatic heterocycles. The van der Waals surface area contributed by atoms with Gasteiger partial charge in [-0.2, -0.15) is 0 Å². The van der Waals surface area contributed by atoms with Gasteiger partial charge < -0.3 is 18.9 Å². The molecule has 0 saturated carbocycles. The van der Waals surface area contributed by atoms with Crippen molar-refractivity contribution < 1.29 is 32.9 Å². The molecule has 1 aliphatic rings. The average Bonchev–Trinajstić information content (AvgIpc) is 3.45. The van der Waals surface area contributed by atoms with Crippen LogP contribution in [0.5, 0.6) is 17.2 Å². The highest BCUT2D eigenvalue weighted by atomic mass is 19.1. The molecule has 47 heavy (non-hydrogen) atoms. The lowest BCUT2D eigenvalue weighted by Crippen LogP contribution is -2.30. The molecule has 7 nitrogen and oxygen atoms in total. The van der Waals surface area contributed by atoms with E-state index in [9.17, 15) is 14.0 Å². The van der Waals surface area contributed by atoms with Crippen LogP contribution >= 0.6 is 0 Å². The van der Waals surface area contributed by atoms with Crippen molar-refractivity contribution in [2.24, 2.45) is 0 Å². The summed E-state index contributed by atoms with van der Waals surface area (Å²) in [5.74, 6) is 1.18. The van der Waals surface area contributed by atoms with E-state index >= 15 is 0 Å². The summed E-state index contributed by atoms with van der Waals surface area (Å²) in [7, 11) is 1.58. The molecule has 2 atom stereocenters. The zero-order chi connectivity index (χ0) is 32.6. The number of carbonyl (C=O) groups excluding carboxylic acids is 2. The van der Waals surface area contributed by atoms with Crippen LogP contribution in [0, 0.1) is 5.82 Å². The Kier molecular flexibility index (Phi) is 9.77. The SMILES string of the molecule is COc1ccc(N2C(=O)O[C@H](CCC(=O)c3ccc(F)cc3)[C@H]2c2ccc(OCc3ccccc3)cc2OCc2ccccc2)cc1. The van der Waals surface area contributed by atoms with E-state index in [1.807, 2.05) is 78.9 Å². The number of cyclic esters (lactones) is 1. The summed E-state index contributed by atoms with van der Waals surface area (Å²) >= 11 is 0. The molecule has 5 aromatic carbocycles. The van der Waals surface area contributed by atoms with E-state index in [1.165, 1.54) is 24.3 Å². The molecule has 0 radical (unpaired) electrons. The van der Waals surface area contributed by atoms with Crippen LogP contribution in [-0.2, 0) is 18.0 Å². The van der Waals surface area contributed by atoms with Crippen molar-refractivity contribution in [3.63, 3.8) is 0 Å². The lowest BCUT2D eigenvalue weighted by atomic mass is 9.94. The summed E-state index contributed by atoms with van der Waals surface area (Å²) in [5.41, 5.74) is 3.70. The number of carbonyl (C=O) groups is 2. The molecule has 0 aliphatic carbocycles. The Morgan fingerprint density at radius 3 is 2.02 bits per heavy atom. The highest BCUT2D eigenvalue weighted by Crippen LogP contribution is 2.44. The number of anilines is 1. The van der Waals surface area contributed by atoms with Gasteiger partial charge >= 0.3 is 6.09 Å². The molecule has 6 rings (SSSR count). The first kappa shape index (κ1) is 31.4. The molecule has 5 aromatic rings. The number of nitrogens with zero attached hydrogens (tertiary/aromatic N) is 1. The van der Waals surface area contributed by atoms with E-state index in [0.29, 0.717) is 40.7 Å². The van der Waals surface area contributed by atoms with E-state index < -0.39 is 24.1 Å². The van der Waals surface area contributed by atoms with Crippen LogP contribution in [0.1, 0.15) is 45.9 Å². The highest BCUT2D eigenvalue weighted by molar-refractivity contribution is 5.96. The summed E-state index contributed by atoms with van der Waals surface area (Å²) in [6, 6.07) is 37.2. The Balaban J connectivity index is 1.34. The normalized spacial score (nSPS) is 15.6. The number of methoxy groups -OCH3 is 1. The lowest BCUT2D eigenvalue weighted by molar-refractivity contribution is 0.0921. The van der Waals surface area contributed by atoms with E-state index in [4.69, 9.17) is 18.9 Å².